The van der Waals surface area contributed by atoms with E-state index in [1.54, 1.807) is 38.5 Å². The second-order valence-electron chi connectivity index (χ2n) is 25.3. The fraction of sp³-hybridized carbons (Fsp3) is 0.368. The number of likely N-dealkylation sites (N-methyl/N-ethyl adjacent to an activating group) is 2. The molecule has 2 saturated heterocycles. The van der Waals surface area contributed by atoms with Crippen LogP contribution in [0.4, 0.5) is 0 Å². The van der Waals surface area contributed by atoms with Gasteiger partial charge in [0.25, 0.3) is 0 Å². The molecule has 97 heavy (non-hydrogen) atoms. The first-order chi connectivity index (χ1) is 46.9. The number of aliphatic hydroxyl groups excluding tert-OH is 1. The van der Waals surface area contributed by atoms with E-state index < -0.39 is 35.4 Å². The van der Waals surface area contributed by atoms with Crippen LogP contribution in [-0.2, 0) is 40.0 Å². The van der Waals surface area contributed by atoms with Crippen LogP contribution in [0.25, 0.3) is 12.2 Å². The Kier molecular flexibility index (Phi) is 19.7. The van der Waals surface area contributed by atoms with E-state index in [2.05, 4.69) is 57.0 Å². The maximum Gasteiger partial charge on any atom is 0.330 e. The lowest BCUT2D eigenvalue weighted by Gasteiger charge is -2.59. The molecule has 8 aliphatic rings. The summed E-state index contributed by atoms with van der Waals surface area (Å²) >= 11 is 5.10. The number of hydrogen-bond acceptors (Lipinski definition) is 20. The van der Waals surface area contributed by atoms with Crippen molar-refractivity contribution in [3.63, 3.8) is 0 Å². The number of methoxy groups -OCH3 is 2. The Morgan fingerprint density at radius 1 is 0.608 bits per heavy atom. The lowest BCUT2D eigenvalue weighted by molar-refractivity contribution is -0.143. The number of piperazine rings is 2. The SMILES string of the molecule is C=CCOc1c(C)c2c(c3c1CC1[C@H]4c5c(cc(C)c(OC)c5O)C[C@@H]([C@H](C#N)N1[C@H]3CO)N4C)OCO2.C=CCOc1c(C)c2c(c3c1CC1[C@H]4c5c(cc(C)c(OC)c5O)C[C@@H]([C@H](C#N)N1[C@H]3COC(=O)/C=C/c1ccccc1)N4C)OCO2.O=C(Cl)/C=C/c1ccccc1. The third-order valence-electron chi connectivity index (χ3n) is 20.2. The summed E-state index contributed by atoms with van der Waals surface area (Å²) < 4.78 is 53.7. The van der Waals surface area contributed by atoms with Gasteiger partial charge in [-0.3, -0.25) is 24.4 Å². The molecule has 6 aromatic carbocycles. The third kappa shape index (κ3) is 11.9. The highest BCUT2D eigenvalue weighted by Gasteiger charge is 2.59. The molecule has 0 radical (unpaired) electrons. The van der Waals surface area contributed by atoms with Crippen molar-refractivity contribution in [3.8, 4) is 69.6 Å². The zero-order chi connectivity index (χ0) is 68.7. The molecule has 0 amide bonds. The molecule has 504 valence electrons. The van der Waals surface area contributed by atoms with Gasteiger partial charge in [0.05, 0.1) is 57.1 Å². The Hall–Kier alpha value is -9.51. The number of esters is 1. The molecule has 0 aromatic heterocycles. The Bertz CT molecular complexity index is 4230. The van der Waals surface area contributed by atoms with Crippen LogP contribution in [0.3, 0.4) is 0 Å². The molecule has 20 nitrogen and oxygen atoms in total. The van der Waals surface area contributed by atoms with Gasteiger partial charge in [0.1, 0.15) is 43.4 Å². The summed E-state index contributed by atoms with van der Waals surface area (Å²) in [4.78, 5) is 32.2. The smallest absolute Gasteiger partial charge is 0.330 e. The molecule has 8 aliphatic heterocycles. The van der Waals surface area contributed by atoms with Crippen LogP contribution in [0.2, 0.25) is 0 Å². The number of hydrogen-bond donors (Lipinski definition) is 3. The maximum atomic E-state index is 13.2. The summed E-state index contributed by atoms with van der Waals surface area (Å²) in [5.41, 5.74) is 12.3. The maximum absolute atomic E-state index is 13.2. The average molecular weight is 1340 g/mol. The standard InChI is InChI=1S/C38H39N3O7.C29H33N3O6.C9H7ClO/c1-6-14-45-36-22(3)37-38(48-20-47-37)32-25(36)17-27-33-31-24(15-21(2)35(44-5)34(31)43)16-26(40(33)4)28(18-39)41(27)29(32)19-46-30(42)13-12-23-10-8-7-9-11-23;1-6-7-36-27-15(3)28-29(38-13-37-28)23-17(27)10-19-24-22-16(8-14(2)26(35-5)25(22)34)9-18(31(24)4)20(11-30)32(19)21(23)12-33;10-9(11)7-6-8-4-2-1-3-5-8/h6-13,15,26-29,33,43H,1,14,16-17,19-20H2,2-5H3;6,8,18-21,24,33-34H,1,7,9-10,12-13H2,2-5H3;1-7H/b13-12+;;7-6+/t26-,27?,28-,29-,33-;18-,19?,20-,21-,24-;/m00./s1. The molecule has 0 saturated carbocycles. The van der Waals surface area contributed by atoms with Gasteiger partial charge >= 0.3 is 5.97 Å². The number of fused-ring (bicyclic) bond motifs is 18. The predicted molar refractivity (Wildman–Crippen MR) is 364 cm³/mol. The predicted octanol–water partition coefficient (Wildman–Crippen LogP) is 10.9. The Morgan fingerprint density at radius 2 is 1.03 bits per heavy atom. The third-order valence-corrected chi connectivity index (χ3v) is 20.3. The summed E-state index contributed by atoms with van der Waals surface area (Å²) in [6, 6.07) is 24.9. The number of nitriles is 2. The van der Waals surface area contributed by atoms with Crippen molar-refractivity contribution in [2.24, 2.45) is 0 Å². The van der Waals surface area contributed by atoms with E-state index in [9.17, 15) is 35.4 Å². The van der Waals surface area contributed by atoms with Crippen molar-refractivity contribution < 1.29 is 67.5 Å². The second-order valence-corrected chi connectivity index (χ2v) is 25.7. The van der Waals surface area contributed by atoms with Crippen molar-refractivity contribution >= 4 is 35.0 Å². The fourth-order valence-corrected chi connectivity index (χ4v) is 16.4. The number of carbonyl (C=O) groups excluding carboxylic acids is 2. The number of nitrogens with zero attached hydrogens (tertiary/aromatic N) is 6. The zero-order valence-electron chi connectivity index (χ0n) is 55.5. The van der Waals surface area contributed by atoms with Gasteiger partial charge in [0.15, 0.2) is 46.0 Å². The highest BCUT2D eigenvalue weighted by atomic mass is 35.5. The molecule has 2 unspecified atom stereocenters. The van der Waals surface area contributed by atoms with Gasteiger partial charge in [-0.2, -0.15) is 10.5 Å². The summed E-state index contributed by atoms with van der Waals surface area (Å²) in [7, 11) is 7.17. The molecular weight excluding hydrogens is 1260 g/mol. The van der Waals surface area contributed by atoms with Crippen LogP contribution in [0, 0.1) is 50.4 Å². The molecule has 14 rings (SSSR count). The van der Waals surface area contributed by atoms with Gasteiger partial charge in [-0.1, -0.05) is 104 Å². The van der Waals surface area contributed by atoms with Crippen molar-refractivity contribution in [3.05, 3.63) is 188 Å². The Labute approximate surface area is 569 Å². The highest BCUT2D eigenvalue weighted by molar-refractivity contribution is 6.66. The Morgan fingerprint density at radius 3 is 1.44 bits per heavy atom. The van der Waals surface area contributed by atoms with Crippen molar-refractivity contribution in [2.45, 2.75) is 114 Å². The summed E-state index contributed by atoms with van der Waals surface area (Å²) in [5, 5.41) is 55.0. The minimum absolute atomic E-state index is 0.0410. The summed E-state index contributed by atoms with van der Waals surface area (Å²) in [5.74, 6) is 4.41. The molecule has 8 heterocycles. The minimum Gasteiger partial charge on any atom is -0.504 e. The van der Waals surface area contributed by atoms with E-state index in [0.717, 1.165) is 77.9 Å². The van der Waals surface area contributed by atoms with Crippen LogP contribution in [-0.4, -0.2) is 151 Å². The largest absolute Gasteiger partial charge is 0.504 e. The number of aromatic hydroxyl groups is 2. The molecule has 10 atom stereocenters. The number of rotatable bonds is 15. The van der Waals surface area contributed by atoms with Gasteiger partial charge in [-0.25, -0.2) is 4.79 Å². The summed E-state index contributed by atoms with van der Waals surface area (Å²) in [6.45, 7) is 15.9. The zero-order valence-corrected chi connectivity index (χ0v) is 56.3. The number of ether oxygens (including phenoxy) is 9. The second kappa shape index (κ2) is 28.3. The number of aliphatic hydroxyl groups is 1. The minimum atomic E-state index is -0.575. The van der Waals surface area contributed by atoms with Crippen LogP contribution in [0.1, 0.15) is 102 Å². The highest BCUT2D eigenvalue weighted by Crippen LogP contribution is 2.61. The van der Waals surface area contributed by atoms with Crippen LogP contribution in [0.15, 0.2) is 110 Å². The van der Waals surface area contributed by atoms with Crippen LogP contribution in [0.5, 0.6) is 57.5 Å². The average Bonchev–Trinajstić information content (AvgIpc) is 1.27. The normalized spacial score (nSPS) is 23.6. The summed E-state index contributed by atoms with van der Waals surface area (Å²) in [6.07, 6.45) is 11.7. The van der Waals surface area contributed by atoms with Crippen molar-refractivity contribution in [2.75, 3.05) is 68.3 Å². The first-order valence-electron chi connectivity index (χ1n) is 32.3. The van der Waals surface area contributed by atoms with Crippen molar-refractivity contribution in [1.82, 2.24) is 19.6 Å². The monoisotopic (exact) mass is 1330 g/mol. The van der Waals surface area contributed by atoms with Crippen LogP contribution >= 0.6 is 11.6 Å². The van der Waals surface area contributed by atoms with Gasteiger partial charge in [-0.05, 0) is 125 Å². The number of allylic oxidation sites excluding steroid dienone is 1. The van der Waals surface area contributed by atoms with Gasteiger partial charge in [0, 0.05) is 74.8 Å². The van der Waals surface area contributed by atoms with E-state index in [-0.39, 0.29) is 81.2 Å². The number of aryl methyl sites for hydroxylation is 2. The van der Waals surface area contributed by atoms with E-state index in [1.807, 2.05) is 102 Å². The molecule has 4 bridgehead atoms. The van der Waals surface area contributed by atoms with Gasteiger partial charge in [0.2, 0.25) is 18.8 Å². The van der Waals surface area contributed by atoms with E-state index in [0.29, 0.717) is 78.3 Å². The number of phenols is 2. The van der Waals surface area contributed by atoms with Gasteiger partial charge in [-0.15, -0.1) is 0 Å². The molecular formula is C76H79ClN6O14. The quantitative estimate of drug-likeness (QED) is 0.0375. The molecule has 3 N–H and O–H groups in total. The van der Waals surface area contributed by atoms with Crippen molar-refractivity contribution in [1.29, 1.82) is 10.5 Å². The van der Waals surface area contributed by atoms with E-state index in [1.165, 1.54) is 12.2 Å². The number of benzene rings is 6. The van der Waals surface area contributed by atoms with E-state index >= 15 is 0 Å². The topological polar surface area (TPSA) is 238 Å². The lowest BCUT2D eigenvalue weighted by Crippen LogP contribution is -2.68. The van der Waals surface area contributed by atoms with Crippen LogP contribution < -0.4 is 37.9 Å². The first-order valence-corrected chi connectivity index (χ1v) is 32.7. The molecule has 0 aliphatic carbocycles. The first kappa shape index (κ1) is 67.5. The molecule has 0 spiro atoms. The fourth-order valence-electron chi connectivity index (χ4n) is 16.3. The Balaban J connectivity index is 0.000000163. The number of phenolic OH excluding ortho intramolecular Hbond substituents is 2. The molecule has 2 fully saturated rings. The number of halogens is 1. The number of carbonyl (C=O) groups is 2. The van der Waals surface area contributed by atoms with Gasteiger partial charge < -0.3 is 58.0 Å². The van der Waals surface area contributed by atoms with E-state index in [4.69, 9.17) is 54.2 Å². The molecule has 21 heteroatoms. The molecule has 6 aromatic rings. The lowest BCUT2D eigenvalue weighted by atomic mass is 9.71.